The Morgan fingerprint density at radius 1 is 1.26 bits per heavy atom. The molecule has 0 aliphatic carbocycles. The van der Waals surface area contributed by atoms with Crippen molar-refractivity contribution in [1.82, 2.24) is 9.71 Å². The van der Waals surface area contributed by atoms with Crippen molar-refractivity contribution < 1.29 is 8.42 Å². The van der Waals surface area contributed by atoms with Gasteiger partial charge >= 0.3 is 0 Å². The molecule has 2 rings (SSSR count). The van der Waals surface area contributed by atoms with Crippen LogP contribution in [-0.2, 0) is 16.4 Å². The fourth-order valence-electron chi connectivity index (χ4n) is 1.53. The van der Waals surface area contributed by atoms with Gasteiger partial charge in [-0.05, 0) is 12.1 Å². The van der Waals surface area contributed by atoms with Crippen molar-refractivity contribution in [3.8, 4) is 0 Å². The number of hydrogen-bond acceptors (Lipinski definition) is 5. The Balaban J connectivity index is 1.92. The molecule has 2 N–H and O–H groups in total. The smallest absolute Gasteiger partial charge is 0.240 e. The average molecular weight is 297 g/mol. The predicted molar refractivity (Wildman–Crippen MR) is 77.0 cm³/mol. The van der Waals surface area contributed by atoms with Gasteiger partial charge in [0.05, 0.1) is 10.6 Å². The average Bonchev–Trinajstić information content (AvgIpc) is 2.87. The van der Waals surface area contributed by atoms with Gasteiger partial charge in [0.2, 0.25) is 10.0 Å². The summed E-state index contributed by atoms with van der Waals surface area (Å²) in [5.74, 6) is 0. The van der Waals surface area contributed by atoms with E-state index in [1.54, 1.807) is 37.4 Å². The molecule has 1 heterocycles. The summed E-state index contributed by atoms with van der Waals surface area (Å²) < 4.78 is 26.5. The standard InChI is InChI=1S/C12H15N3O2S2/c1-13-12-15-10(9-18-12)7-8-14-19(16,17)11-5-3-2-4-6-11/h2-6,9,14H,7-8H2,1H3,(H,13,15). The lowest BCUT2D eigenvalue weighted by molar-refractivity contribution is 0.581. The van der Waals surface area contributed by atoms with Gasteiger partial charge in [-0.25, -0.2) is 18.1 Å². The number of rotatable bonds is 6. The Labute approximate surface area is 116 Å². The van der Waals surface area contributed by atoms with Crippen LogP contribution in [-0.4, -0.2) is 27.0 Å². The molecule has 0 saturated carbocycles. The van der Waals surface area contributed by atoms with Gasteiger partial charge in [0.15, 0.2) is 5.13 Å². The molecule has 5 nitrogen and oxygen atoms in total. The molecule has 0 atom stereocenters. The fourth-order valence-corrected chi connectivity index (χ4v) is 3.29. The highest BCUT2D eigenvalue weighted by Gasteiger charge is 2.12. The minimum Gasteiger partial charge on any atom is -0.365 e. The molecule has 0 spiro atoms. The molecule has 0 saturated heterocycles. The Hall–Kier alpha value is -1.44. The van der Waals surface area contributed by atoms with Gasteiger partial charge in [-0.1, -0.05) is 18.2 Å². The maximum Gasteiger partial charge on any atom is 0.240 e. The maximum absolute atomic E-state index is 11.9. The molecule has 19 heavy (non-hydrogen) atoms. The first-order chi connectivity index (χ1) is 9.12. The second kappa shape index (κ2) is 6.14. The normalized spacial score (nSPS) is 11.4. The Kier molecular flexibility index (Phi) is 4.52. The largest absolute Gasteiger partial charge is 0.365 e. The Morgan fingerprint density at radius 3 is 2.63 bits per heavy atom. The van der Waals surface area contributed by atoms with Crippen molar-refractivity contribution in [2.24, 2.45) is 0 Å². The number of hydrogen-bond donors (Lipinski definition) is 2. The van der Waals surface area contributed by atoms with Crippen molar-refractivity contribution in [1.29, 1.82) is 0 Å². The van der Waals surface area contributed by atoms with Crippen LogP contribution in [0.5, 0.6) is 0 Å². The molecule has 0 amide bonds. The van der Waals surface area contributed by atoms with E-state index in [1.165, 1.54) is 11.3 Å². The molecule has 1 aromatic carbocycles. The molecule has 0 radical (unpaired) electrons. The minimum absolute atomic E-state index is 0.282. The molecule has 0 unspecified atom stereocenters. The summed E-state index contributed by atoms with van der Waals surface area (Å²) in [6.45, 7) is 0.337. The van der Waals surface area contributed by atoms with Crippen LogP contribution >= 0.6 is 11.3 Å². The first kappa shape index (κ1) is 14.0. The van der Waals surface area contributed by atoms with E-state index in [0.717, 1.165) is 10.8 Å². The van der Waals surface area contributed by atoms with E-state index < -0.39 is 10.0 Å². The molecular formula is C12H15N3O2S2. The molecule has 0 bridgehead atoms. The van der Waals surface area contributed by atoms with E-state index in [-0.39, 0.29) is 4.90 Å². The maximum atomic E-state index is 11.9. The molecule has 1 aromatic heterocycles. The SMILES string of the molecule is CNc1nc(CCNS(=O)(=O)c2ccccc2)cs1. The monoisotopic (exact) mass is 297 g/mol. The van der Waals surface area contributed by atoms with E-state index >= 15 is 0 Å². The number of aromatic nitrogens is 1. The van der Waals surface area contributed by atoms with E-state index in [9.17, 15) is 8.42 Å². The van der Waals surface area contributed by atoms with Gasteiger partial charge in [-0.2, -0.15) is 0 Å². The van der Waals surface area contributed by atoms with Crippen molar-refractivity contribution in [2.45, 2.75) is 11.3 Å². The van der Waals surface area contributed by atoms with Gasteiger partial charge in [0, 0.05) is 25.4 Å². The van der Waals surface area contributed by atoms with Crippen molar-refractivity contribution >= 4 is 26.5 Å². The van der Waals surface area contributed by atoms with Gasteiger partial charge in [-0.15, -0.1) is 11.3 Å². The number of thiazole rings is 1. The predicted octanol–water partition coefficient (Wildman–Crippen LogP) is 1.71. The number of benzene rings is 1. The van der Waals surface area contributed by atoms with Crippen LogP contribution in [0.25, 0.3) is 0 Å². The van der Waals surface area contributed by atoms with Crippen LogP contribution < -0.4 is 10.0 Å². The summed E-state index contributed by atoms with van der Waals surface area (Å²) in [5, 5.41) is 5.70. The third kappa shape index (κ3) is 3.76. The summed E-state index contributed by atoms with van der Waals surface area (Å²) in [5.41, 5.74) is 0.880. The molecule has 7 heteroatoms. The van der Waals surface area contributed by atoms with Gasteiger partial charge in [-0.3, -0.25) is 0 Å². The highest BCUT2D eigenvalue weighted by atomic mass is 32.2. The summed E-state index contributed by atoms with van der Waals surface area (Å²) in [4.78, 5) is 4.58. The molecule has 0 aliphatic heterocycles. The lowest BCUT2D eigenvalue weighted by Crippen LogP contribution is -2.26. The van der Waals surface area contributed by atoms with Crippen LogP contribution in [0.1, 0.15) is 5.69 Å². The van der Waals surface area contributed by atoms with E-state index in [2.05, 4.69) is 15.0 Å². The highest BCUT2D eigenvalue weighted by Crippen LogP contribution is 2.14. The second-order valence-electron chi connectivity index (χ2n) is 3.85. The number of nitrogens with one attached hydrogen (secondary N) is 2. The number of anilines is 1. The summed E-state index contributed by atoms with van der Waals surface area (Å²) >= 11 is 1.50. The van der Waals surface area contributed by atoms with Gasteiger partial charge in [0.1, 0.15) is 0 Å². The second-order valence-corrected chi connectivity index (χ2v) is 6.48. The van der Waals surface area contributed by atoms with Crippen LogP contribution in [0.15, 0.2) is 40.6 Å². The molecule has 2 aromatic rings. The molecule has 102 valence electrons. The highest BCUT2D eigenvalue weighted by molar-refractivity contribution is 7.89. The number of sulfonamides is 1. The molecular weight excluding hydrogens is 282 g/mol. The van der Waals surface area contributed by atoms with Crippen LogP contribution in [0, 0.1) is 0 Å². The summed E-state index contributed by atoms with van der Waals surface area (Å²) in [7, 11) is -1.61. The first-order valence-corrected chi connectivity index (χ1v) is 8.15. The third-order valence-corrected chi connectivity index (χ3v) is 4.88. The van der Waals surface area contributed by atoms with E-state index in [1.807, 2.05) is 5.38 Å². The molecule has 0 fully saturated rings. The van der Waals surface area contributed by atoms with Crippen molar-refractivity contribution in [2.75, 3.05) is 18.9 Å². The van der Waals surface area contributed by atoms with Crippen LogP contribution in [0.4, 0.5) is 5.13 Å². The topological polar surface area (TPSA) is 71.1 Å². The van der Waals surface area contributed by atoms with Crippen LogP contribution in [0.3, 0.4) is 0 Å². The Morgan fingerprint density at radius 2 is 2.00 bits per heavy atom. The zero-order valence-electron chi connectivity index (χ0n) is 10.5. The minimum atomic E-state index is -3.42. The zero-order chi connectivity index (χ0) is 13.7. The summed E-state index contributed by atoms with van der Waals surface area (Å²) in [6, 6.07) is 8.34. The van der Waals surface area contributed by atoms with E-state index in [4.69, 9.17) is 0 Å². The van der Waals surface area contributed by atoms with Gasteiger partial charge < -0.3 is 5.32 Å². The van der Waals surface area contributed by atoms with Gasteiger partial charge in [0.25, 0.3) is 0 Å². The van der Waals surface area contributed by atoms with Crippen LogP contribution in [0.2, 0.25) is 0 Å². The molecule has 0 aliphatic rings. The van der Waals surface area contributed by atoms with E-state index in [0.29, 0.717) is 13.0 Å². The summed E-state index contributed by atoms with van der Waals surface area (Å²) in [6.07, 6.45) is 0.574. The quantitative estimate of drug-likeness (QED) is 0.851. The van der Waals surface area contributed by atoms with Crippen molar-refractivity contribution in [3.05, 3.63) is 41.4 Å². The lowest BCUT2D eigenvalue weighted by Gasteiger charge is -2.05. The number of nitrogens with zero attached hydrogens (tertiary/aromatic N) is 1. The fraction of sp³-hybridized carbons (Fsp3) is 0.250. The first-order valence-electron chi connectivity index (χ1n) is 5.79. The Bertz CT molecular complexity index is 623. The third-order valence-electron chi connectivity index (χ3n) is 2.49. The zero-order valence-corrected chi connectivity index (χ0v) is 12.1. The lowest BCUT2D eigenvalue weighted by atomic mass is 10.3. The van der Waals surface area contributed by atoms with Crippen molar-refractivity contribution in [3.63, 3.8) is 0 Å².